The molecule has 0 spiro atoms. The number of carbonyl (C=O) groups is 3. The predicted octanol–water partition coefficient (Wildman–Crippen LogP) is 3.03. The van der Waals surface area contributed by atoms with E-state index in [-0.39, 0.29) is 5.91 Å². The van der Waals surface area contributed by atoms with Crippen LogP contribution in [0.2, 0.25) is 0 Å². The first-order chi connectivity index (χ1) is 14.9. The summed E-state index contributed by atoms with van der Waals surface area (Å²) in [4.78, 5) is 39.1. The molecule has 3 rings (SSSR count). The fourth-order valence-electron chi connectivity index (χ4n) is 3.74. The normalized spacial score (nSPS) is 13.5. The Hall–Kier alpha value is -3.39. The van der Waals surface area contributed by atoms with Crippen LogP contribution in [0.4, 0.5) is 11.4 Å². The number of amides is 1. The monoisotopic (exact) mass is 426 g/mol. The number of nitrogens with one attached hydrogen (secondary N) is 1. The van der Waals surface area contributed by atoms with Crippen LogP contribution in [0.15, 0.2) is 30.3 Å². The molecule has 8 nitrogen and oxygen atoms in total. The van der Waals surface area contributed by atoms with Gasteiger partial charge in [0.05, 0.1) is 44.2 Å². The lowest BCUT2D eigenvalue weighted by atomic mass is 9.89. The molecule has 2 aromatic rings. The number of rotatable bonds is 5. The van der Waals surface area contributed by atoms with Gasteiger partial charge in [-0.25, -0.2) is 9.59 Å². The van der Waals surface area contributed by atoms with Crippen LogP contribution in [0, 0.1) is 6.92 Å². The van der Waals surface area contributed by atoms with Gasteiger partial charge in [0.1, 0.15) is 0 Å². The first-order valence-corrected chi connectivity index (χ1v) is 9.92. The van der Waals surface area contributed by atoms with E-state index >= 15 is 0 Å². The predicted molar refractivity (Wildman–Crippen MR) is 117 cm³/mol. The fraction of sp³-hybridized carbons (Fsp3) is 0.348. The Morgan fingerprint density at radius 1 is 0.968 bits per heavy atom. The number of methoxy groups -OCH3 is 2. The minimum atomic E-state index is -0.549. The standard InChI is InChI=1S/C23H26N2O6/c1-14-13-18(25-9-11-31-12-10-25)21(23(28)30-4)20(19(14)22(27)29-3)16-5-7-17(8-6-16)24-15(2)26/h5-8,13H,9-12H2,1-4H3,(H,24,26). The lowest BCUT2D eigenvalue weighted by Crippen LogP contribution is -2.37. The van der Waals surface area contributed by atoms with Crippen molar-refractivity contribution in [3.05, 3.63) is 47.0 Å². The number of benzene rings is 2. The Bertz CT molecular complexity index is 994. The molecule has 1 fully saturated rings. The molecule has 2 aromatic carbocycles. The van der Waals surface area contributed by atoms with E-state index in [0.29, 0.717) is 65.5 Å². The van der Waals surface area contributed by atoms with Crippen LogP contribution in [-0.4, -0.2) is 58.4 Å². The molecule has 31 heavy (non-hydrogen) atoms. The highest BCUT2D eigenvalue weighted by atomic mass is 16.5. The second kappa shape index (κ2) is 9.61. The number of carbonyl (C=O) groups excluding carboxylic acids is 3. The number of morpholine rings is 1. The summed E-state index contributed by atoms with van der Waals surface area (Å²) in [6, 6.07) is 8.76. The molecule has 0 unspecified atom stereocenters. The second-order valence-corrected chi connectivity index (χ2v) is 7.18. The molecule has 1 amide bonds. The minimum absolute atomic E-state index is 0.191. The van der Waals surface area contributed by atoms with Crippen molar-refractivity contribution in [2.75, 3.05) is 50.7 Å². The molecule has 8 heteroatoms. The zero-order valence-electron chi connectivity index (χ0n) is 18.1. The summed E-state index contributed by atoms with van der Waals surface area (Å²) in [5.41, 5.74) is 3.64. The zero-order chi connectivity index (χ0) is 22.5. The summed E-state index contributed by atoms with van der Waals surface area (Å²) in [5.74, 6) is -1.28. The van der Waals surface area contributed by atoms with Crippen molar-refractivity contribution >= 4 is 29.2 Å². The average molecular weight is 426 g/mol. The van der Waals surface area contributed by atoms with Crippen LogP contribution in [0.25, 0.3) is 11.1 Å². The van der Waals surface area contributed by atoms with E-state index in [1.54, 1.807) is 24.3 Å². The Labute approximate surface area is 181 Å². The molecule has 164 valence electrons. The molecule has 1 N–H and O–H groups in total. The lowest BCUT2D eigenvalue weighted by molar-refractivity contribution is -0.114. The highest BCUT2D eigenvalue weighted by Gasteiger charge is 2.30. The molecule has 1 saturated heterocycles. The highest BCUT2D eigenvalue weighted by molar-refractivity contribution is 6.10. The number of hydrogen-bond acceptors (Lipinski definition) is 7. The van der Waals surface area contributed by atoms with Crippen molar-refractivity contribution < 1.29 is 28.6 Å². The Kier molecular flexibility index (Phi) is 6.91. The largest absolute Gasteiger partial charge is 0.465 e. The summed E-state index contributed by atoms with van der Waals surface area (Å²) in [5, 5.41) is 2.71. The van der Waals surface area contributed by atoms with Gasteiger partial charge in [-0.05, 0) is 36.2 Å². The summed E-state index contributed by atoms with van der Waals surface area (Å²) < 4.78 is 15.6. The number of anilines is 2. The third kappa shape index (κ3) is 4.69. The van der Waals surface area contributed by atoms with E-state index in [1.165, 1.54) is 21.1 Å². The molecule has 0 atom stereocenters. The summed E-state index contributed by atoms with van der Waals surface area (Å²) in [6.45, 7) is 5.54. The van der Waals surface area contributed by atoms with Gasteiger partial charge in [0.15, 0.2) is 0 Å². The van der Waals surface area contributed by atoms with Crippen LogP contribution in [0.5, 0.6) is 0 Å². The summed E-state index contributed by atoms with van der Waals surface area (Å²) in [6.07, 6.45) is 0. The third-order valence-corrected chi connectivity index (χ3v) is 5.13. The maximum atomic E-state index is 13.0. The Morgan fingerprint density at radius 3 is 2.10 bits per heavy atom. The Morgan fingerprint density at radius 2 is 1.55 bits per heavy atom. The van der Waals surface area contributed by atoms with Crippen molar-refractivity contribution in [1.82, 2.24) is 0 Å². The van der Waals surface area contributed by atoms with Crippen molar-refractivity contribution in [2.24, 2.45) is 0 Å². The molecule has 0 radical (unpaired) electrons. The fourth-order valence-corrected chi connectivity index (χ4v) is 3.74. The van der Waals surface area contributed by atoms with E-state index in [4.69, 9.17) is 14.2 Å². The van der Waals surface area contributed by atoms with Gasteiger partial charge in [-0.15, -0.1) is 0 Å². The molecule has 0 bridgehead atoms. The van der Waals surface area contributed by atoms with Gasteiger partial charge in [0.2, 0.25) is 5.91 Å². The van der Waals surface area contributed by atoms with Crippen molar-refractivity contribution in [1.29, 1.82) is 0 Å². The number of esters is 2. The lowest BCUT2D eigenvalue weighted by Gasteiger charge is -2.32. The quantitative estimate of drug-likeness (QED) is 0.735. The number of aryl methyl sites for hydroxylation is 1. The number of nitrogens with zero attached hydrogens (tertiary/aromatic N) is 1. The number of hydrogen-bond donors (Lipinski definition) is 1. The number of ether oxygens (including phenoxy) is 3. The van der Waals surface area contributed by atoms with Gasteiger partial charge in [-0.2, -0.15) is 0 Å². The molecule has 1 aliphatic rings. The van der Waals surface area contributed by atoms with Crippen LogP contribution in [-0.2, 0) is 19.0 Å². The smallest absolute Gasteiger partial charge is 0.340 e. The third-order valence-electron chi connectivity index (χ3n) is 5.13. The van der Waals surface area contributed by atoms with Gasteiger partial charge >= 0.3 is 11.9 Å². The molecule has 0 saturated carbocycles. The molecular formula is C23H26N2O6. The van der Waals surface area contributed by atoms with E-state index < -0.39 is 11.9 Å². The van der Waals surface area contributed by atoms with E-state index in [1.807, 2.05) is 13.0 Å². The molecule has 0 aromatic heterocycles. The first-order valence-electron chi connectivity index (χ1n) is 9.92. The maximum absolute atomic E-state index is 13.0. The van der Waals surface area contributed by atoms with Gasteiger partial charge in [-0.1, -0.05) is 12.1 Å². The summed E-state index contributed by atoms with van der Waals surface area (Å²) in [7, 11) is 2.62. The van der Waals surface area contributed by atoms with Crippen molar-refractivity contribution in [3.8, 4) is 11.1 Å². The van der Waals surface area contributed by atoms with Gasteiger partial charge in [-0.3, -0.25) is 4.79 Å². The average Bonchev–Trinajstić information content (AvgIpc) is 2.78. The SMILES string of the molecule is COC(=O)c1c(C)cc(N2CCOCC2)c(C(=O)OC)c1-c1ccc(NC(C)=O)cc1. The summed E-state index contributed by atoms with van der Waals surface area (Å²) >= 11 is 0. The zero-order valence-corrected chi connectivity index (χ0v) is 18.1. The van der Waals surface area contributed by atoms with E-state index in [9.17, 15) is 14.4 Å². The molecule has 0 aliphatic carbocycles. The van der Waals surface area contributed by atoms with Gasteiger partial charge in [0.25, 0.3) is 0 Å². The molecule has 1 heterocycles. The molecular weight excluding hydrogens is 400 g/mol. The van der Waals surface area contributed by atoms with Crippen LogP contribution < -0.4 is 10.2 Å². The Balaban J connectivity index is 2.28. The topological polar surface area (TPSA) is 94.2 Å². The minimum Gasteiger partial charge on any atom is -0.465 e. The van der Waals surface area contributed by atoms with Gasteiger partial charge < -0.3 is 24.4 Å². The van der Waals surface area contributed by atoms with E-state index in [2.05, 4.69) is 10.2 Å². The van der Waals surface area contributed by atoms with Crippen LogP contribution >= 0.6 is 0 Å². The van der Waals surface area contributed by atoms with Crippen molar-refractivity contribution in [2.45, 2.75) is 13.8 Å². The second-order valence-electron chi connectivity index (χ2n) is 7.18. The maximum Gasteiger partial charge on any atom is 0.340 e. The van der Waals surface area contributed by atoms with Crippen molar-refractivity contribution in [3.63, 3.8) is 0 Å². The first kappa shape index (κ1) is 22.3. The molecule has 1 aliphatic heterocycles. The van der Waals surface area contributed by atoms with Gasteiger partial charge in [0, 0.05) is 31.3 Å². The van der Waals surface area contributed by atoms with E-state index in [0.717, 1.165) is 0 Å². The van der Waals surface area contributed by atoms with Crippen LogP contribution in [0.1, 0.15) is 33.2 Å². The highest BCUT2D eigenvalue weighted by Crippen LogP contribution is 2.38. The van der Waals surface area contributed by atoms with Crippen LogP contribution in [0.3, 0.4) is 0 Å².